The number of carbonyl (C=O) groups is 1. The molecular formula is C47H51IrN3O2-2. The van der Waals surface area contributed by atoms with Crippen LogP contribution < -0.4 is 0 Å². The zero-order chi connectivity index (χ0) is 36.9. The fraction of sp³-hybridized carbons (Fsp3) is 0.319. The molecule has 53 heavy (non-hydrogen) atoms. The number of rotatable bonds is 14. The van der Waals surface area contributed by atoms with Gasteiger partial charge in [0.1, 0.15) is 0 Å². The third-order valence-corrected chi connectivity index (χ3v) is 9.97. The summed E-state index contributed by atoms with van der Waals surface area (Å²) in [5, 5.41) is 13.3. The van der Waals surface area contributed by atoms with E-state index in [1.54, 1.807) is 0 Å². The molecule has 0 fully saturated rings. The van der Waals surface area contributed by atoms with Gasteiger partial charge in [0.05, 0.1) is 5.76 Å². The summed E-state index contributed by atoms with van der Waals surface area (Å²) in [6.45, 7) is 10.1. The first-order valence-electron chi connectivity index (χ1n) is 18.9. The predicted molar refractivity (Wildman–Crippen MR) is 215 cm³/mol. The summed E-state index contributed by atoms with van der Waals surface area (Å²) in [7, 11) is 0. The van der Waals surface area contributed by atoms with Crippen LogP contribution in [0.4, 0.5) is 0 Å². The first kappa shape index (κ1) is 41.2. The molecule has 3 aromatic carbocycles. The Bertz CT molecular complexity index is 2090. The summed E-state index contributed by atoms with van der Waals surface area (Å²) < 4.78 is 0. The second-order valence-electron chi connectivity index (χ2n) is 13.4. The molecule has 1 radical (unpaired) electrons. The van der Waals surface area contributed by atoms with E-state index in [2.05, 4.69) is 71.8 Å². The van der Waals surface area contributed by atoms with Gasteiger partial charge in [-0.1, -0.05) is 75.5 Å². The van der Waals surface area contributed by atoms with Crippen molar-refractivity contribution in [3.63, 3.8) is 0 Å². The van der Waals surface area contributed by atoms with E-state index in [1.165, 1.54) is 28.0 Å². The zero-order valence-electron chi connectivity index (χ0n) is 31.7. The van der Waals surface area contributed by atoms with E-state index >= 15 is 0 Å². The fourth-order valence-electron chi connectivity index (χ4n) is 6.75. The average molecular weight is 882 g/mol. The summed E-state index contributed by atoms with van der Waals surface area (Å²) in [6.07, 6.45) is 13.2. The van der Waals surface area contributed by atoms with Crippen molar-refractivity contribution in [2.45, 2.75) is 86.0 Å². The molecule has 277 valence electrons. The Hall–Kier alpha value is -4.51. The Morgan fingerprint density at radius 2 is 1.45 bits per heavy atom. The predicted octanol–water partition coefficient (Wildman–Crippen LogP) is 11.9. The number of fused-ring (bicyclic) bond motifs is 2. The number of ketones is 1. The standard InChI is InChI=1S/C34H27N3.C13H24O2.Ir/c1-24-18-20-29-31(16-9-17-33(29)37-24)34-30-15-8-7-14-28(30)27(23-36-34)13-6-5-10-25-19-21-32(35-22-25)26-11-3-2-4-12-26;1-5-10(6-2)12(14)9-13(15)11(7-3)8-4;/h2-4,7-9,11,14-15,17-23H,5-6,10,13H2,1H3;9-11,14H,5-8H2,1-4H3;/q-2;;/b;12-9-;. The number of unbranched alkanes of at least 4 members (excludes halogenated alkanes) is 1. The molecule has 0 unspecified atom stereocenters. The summed E-state index contributed by atoms with van der Waals surface area (Å²) >= 11 is 0. The van der Waals surface area contributed by atoms with Crippen LogP contribution in [0.1, 0.15) is 83.0 Å². The van der Waals surface area contributed by atoms with E-state index in [1.807, 2.05) is 77.2 Å². The molecule has 0 bridgehead atoms. The van der Waals surface area contributed by atoms with Gasteiger partial charge in [-0.15, -0.1) is 59.7 Å². The number of carbonyl (C=O) groups excluding carboxylic acids is 1. The molecule has 3 heterocycles. The van der Waals surface area contributed by atoms with Crippen molar-refractivity contribution < 1.29 is 30.0 Å². The normalized spacial score (nSPS) is 11.4. The number of hydrogen-bond donors (Lipinski definition) is 1. The maximum Gasteiger partial charge on any atom is 0.162 e. The molecule has 0 amide bonds. The maximum atomic E-state index is 11.7. The van der Waals surface area contributed by atoms with E-state index in [0.717, 1.165) is 90.5 Å². The van der Waals surface area contributed by atoms with E-state index in [-0.39, 0.29) is 43.5 Å². The SMILES string of the molecule is CCC(CC)C(=O)/C=C(\O)C(CC)CC.Cc1ccc2c(-c3ncc(CCCCc4ccc(-c5[c-]cccc5)nc4)c4ccccc34)[c-]ccc2n1.[Ir]. The van der Waals surface area contributed by atoms with Crippen LogP contribution in [-0.2, 0) is 37.7 Å². The van der Waals surface area contributed by atoms with E-state index in [9.17, 15) is 9.90 Å². The van der Waals surface area contributed by atoms with E-state index in [4.69, 9.17) is 9.97 Å². The Balaban J connectivity index is 0.000000335. The molecule has 0 spiro atoms. The molecule has 0 atom stereocenters. The average Bonchev–Trinajstić information content (AvgIpc) is 3.18. The number of benzene rings is 3. The molecule has 6 heteroatoms. The van der Waals surface area contributed by atoms with Crippen LogP contribution in [-0.4, -0.2) is 25.8 Å². The number of aryl methyl sites for hydroxylation is 3. The second-order valence-corrected chi connectivity index (χ2v) is 13.4. The first-order chi connectivity index (χ1) is 25.4. The molecule has 0 aliphatic carbocycles. The Morgan fingerprint density at radius 1 is 0.736 bits per heavy atom. The Kier molecular flexibility index (Phi) is 16.1. The molecule has 6 aromatic rings. The van der Waals surface area contributed by atoms with Gasteiger partial charge in [0, 0.05) is 56.1 Å². The van der Waals surface area contributed by atoms with Crippen LogP contribution in [0.5, 0.6) is 0 Å². The molecule has 6 rings (SSSR count). The van der Waals surface area contributed by atoms with Gasteiger partial charge in [0.25, 0.3) is 0 Å². The molecular weight excluding hydrogens is 831 g/mol. The number of aromatic nitrogens is 3. The van der Waals surface area contributed by atoms with Crippen LogP contribution in [0.3, 0.4) is 0 Å². The monoisotopic (exact) mass is 882 g/mol. The van der Waals surface area contributed by atoms with Gasteiger partial charge in [-0.3, -0.25) is 9.78 Å². The van der Waals surface area contributed by atoms with Crippen molar-refractivity contribution in [3.8, 4) is 22.5 Å². The van der Waals surface area contributed by atoms with Gasteiger partial charge >= 0.3 is 0 Å². The van der Waals surface area contributed by atoms with Crippen molar-refractivity contribution >= 4 is 27.5 Å². The Labute approximate surface area is 329 Å². The topological polar surface area (TPSA) is 76.0 Å². The minimum absolute atomic E-state index is 0. The molecule has 0 aliphatic rings. The minimum Gasteiger partial charge on any atom is -0.512 e. The molecule has 0 aliphatic heterocycles. The first-order valence-corrected chi connectivity index (χ1v) is 18.9. The number of nitrogens with zero attached hydrogens (tertiary/aromatic N) is 3. The minimum atomic E-state index is 0. The van der Waals surface area contributed by atoms with Crippen LogP contribution >= 0.6 is 0 Å². The molecule has 0 saturated heterocycles. The third-order valence-electron chi connectivity index (χ3n) is 9.97. The summed E-state index contributed by atoms with van der Waals surface area (Å²) in [5.41, 5.74) is 8.54. The number of aliphatic hydroxyl groups excluding tert-OH is 1. The molecule has 0 saturated carbocycles. The van der Waals surface area contributed by atoms with Crippen molar-refractivity contribution in [2.75, 3.05) is 0 Å². The van der Waals surface area contributed by atoms with Crippen molar-refractivity contribution in [1.29, 1.82) is 0 Å². The van der Waals surface area contributed by atoms with Crippen LogP contribution in [0.15, 0.2) is 109 Å². The number of aliphatic hydroxyl groups is 1. The van der Waals surface area contributed by atoms with Crippen molar-refractivity contribution in [1.82, 2.24) is 15.0 Å². The van der Waals surface area contributed by atoms with Gasteiger partial charge in [0.2, 0.25) is 0 Å². The van der Waals surface area contributed by atoms with Gasteiger partial charge in [-0.05, 0) is 103 Å². The number of pyridine rings is 3. The molecule has 1 N–H and O–H groups in total. The van der Waals surface area contributed by atoms with Crippen LogP contribution in [0, 0.1) is 30.9 Å². The van der Waals surface area contributed by atoms with E-state index in [0.29, 0.717) is 0 Å². The number of allylic oxidation sites excluding steroid dienone is 2. The largest absolute Gasteiger partial charge is 0.512 e. The number of hydrogen-bond acceptors (Lipinski definition) is 5. The van der Waals surface area contributed by atoms with Crippen molar-refractivity contribution in [3.05, 3.63) is 138 Å². The Morgan fingerprint density at radius 3 is 2.13 bits per heavy atom. The van der Waals surface area contributed by atoms with E-state index < -0.39 is 0 Å². The second kappa shape index (κ2) is 20.7. The quantitative estimate of drug-likeness (QED) is 0.0510. The maximum absolute atomic E-state index is 11.7. The van der Waals surface area contributed by atoms with Crippen LogP contribution in [0.2, 0.25) is 0 Å². The summed E-state index contributed by atoms with van der Waals surface area (Å²) in [6, 6.07) is 35.7. The van der Waals surface area contributed by atoms with Gasteiger partial charge in [0.15, 0.2) is 5.78 Å². The molecule has 3 aromatic heterocycles. The fourth-order valence-corrected chi connectivity index (χ4v) is 6.75. The summed E-state index contributed by atoms with van der Waals surface area (Å²) in [5.74, 6) is 0.547. The van der Waals surface area contributed by atoms with Crippen LogP contribution in [0.25, 0.3) is 44.2 Å². The molecule has 5 nitrogen and oxygen atoms in total. The van der Waals surface area contributed by atoms with Crippen molar-refractivity contribution in [2.24, 2.45) is 11.8 Å². The van der Waals surface area contributed by atoms with Gasteiger partial charge in [-0.2, -0.15) is 0 Å². The zero-order valence-corrected chi connectivity index (χ0v) is 34.1. The third kappa shape index (κ3) is 10.8. The summed E-state index contributed by atoms with van der Waals surface area (Å²) in [4.78, 5) is 26.0. The van der Waals surface area contributed by atoms with Gasteiger partial charge < -0.3 is 15.1 Å². The van der Waals surface area contributed by atoms with Gasteiger partial charge in [-0.25, -0.2) is 0 Å². The smallest absolute Gasteiger partial charge is 0.162 e.